The van der Waals surface area contributed by atoms with Crippen LogP contribution < -0.4 is 0 Å². The van der Waals surface area contributed by atoms with E-state index >= 15 is 0 Å². The molecule has 1 atom stereocenters. The zero-order chi connectivity index (χ0) is 11.0. The van der Waals surface area contributed by atoms with Crippen molar-refractivity contribution >= 4 is 5.78 Å². The van der Waals surface area contributed by atoms with Crippen LogP contribution in [0.5, 0.6) is 0 Å². The summed E-state index contributed by atoms with van der Waals surface area (Å²) < 4.78 is 0. The van der Waals surface area contributed by atoms with Crippen LogP contribution in [0, 0.1) is 0 Å². The minimum atomic E-state index is -0.809. The Bertz CT molecular complexity index is 407. The molecule has 1 aliphatic rings. The highest BCUT2D eigenvalue weighted by atomic mass is 16.3. The molecule has 0 fully saturated rings. The van der Waals surface area contributed by atoms with Gasteiger partial charge < -0.3 is 5.11 Å². The molecule has 0 saturated carbocycles. The van der Waals surface area contributed by atoms with Gasteiger partial charge in [0.2, 0.25) is 0 Å². The minimum absolute atomic E-state index is 0.109. The predicted molar refractivity (Wildman–Crippen MR) is 59.2 cm³/mol. The lowest BCUT2D eigenvalue weighted by Crippen LogP contribution is -2.13. The maximum absolute atomic E-state index is 11.6. The minimum Gasteiger partial charge on any atom is -0.385 e. The molecule has 80 valence electrons. The number of ketones is 1. The van der Waals surface area contributed by atoms with Crippen molar-refractivity contribution in [3.8, 4) is 0 Å². The molecule has 1 aliphatic carbocycles. The third kappa shape index (κ3) is 1.59. The second-order valence-corrected chi connectivity index (χ2v) is 4.07. The van der Waals surface area contributed by atoms with Crippen molar-refractivity contribution in [3.63, 3.8) is 0 Å². The number of fused-ring (bicyclic) bond motifs is 1. The van der Waals surface area contributed by atoms with Gasteiger partial charge in [-0.2, -0.15) is 0 Å². The first-order valence-corrected chi connectivity index (χ1v) is 5.54. The molecule has 2 heteroatoms. The van der Waals surface area contributed by atoms with E-state index in [-0.39, 0.29) is 5.78 Å². The van der Waals surface area contributed by atoms with E-state index in [0.717, 1.165) is 24.0 Å². The average molecular weight is 204 g/mol. The lowest BCUT2D eigenvalue weighted by Gasteiger charge is -2.08. The van der Waals surface area contributed by atoms with E-state index in [0.29, 0.717) is 6.42 Å². The number of rotatable bonds is 2. The Morgan fingerprint density at radius 1 is 1.27 bits per heavy atom. The number of aliphatic hydroxyl groups is 1. The molecular weight excluding hydrogens is 188 g/mol. The van der Waals surface area contributed by atoms with Crippen LogP contribution in [0.4, 0.5) is 0 Å². The molecule has 0 amide bonds. The van der Waals surface area contributed by atoms with Gasteiger partial charge in [0.05, 0.1) is 0 Å². The number of aryl methyl sites for hydroxylation is 2. The first kappa shape index (κ1) is 10.4. The fraction of sp³-hybridized carbons (Fsp3) is 0.462. The molecule has 2 rings (SSSR count). The third-order valence-corrected chi connectivity index (χ3v) is 3.17. The van der Waals surface area contributed by atoms with Crippen molar-refractivity contribution in [1.82, 2.24) is 0 Å². The first-order chi connectivity index (χ1) is 7.17. The summed E-state index contributed by atoms with van der Waals surface area (Å²) in [6.45, 7) is 4.21. The maximum Gasteiger partial charge on any atom is 0.191 e. The summed E-state index contributed by atoms with van der Waals surface area (Å²) in [5.74, 6) is -0.109. The Morgan fingerprint density at radius 2 is 1.87 bits per heavy atom. The van der Waals surface area contributed by atoms with Gasteiger partial charge in [0.15, 0.2) is 5.78 Å². The van der Waals surface area contributed by atoms with Crippen LogP contribution in [-0.2, 0) is 19.3 Å². The number of aliphatic hydroxyl groups excluding tert-OH is 1. The van der Waals surface area contributed by atoms with E-state index < -0.39 is 6.10 Å². The normalized spacial score (nSPS) is 19.4. The Kier molecular flexibility index (Phi) is 2.61. The summed E-state index contributed by atoms with van der Waals surface area (Å²) in [5, 5.41) is 9.50. The van der Waals surface area contributed by atoms with E-state index in [4.69, 9.17) is 0 Å². The average Bonchev–Trinajstić information content (AvgIpc) is 2.53. The standard InChI is InChI=1S/C13H16O2/c1-3-8-5-10-7-12(14)13(15)11(10)6-9(8)4-2/h5-6,12,14H,3-4,7H2,1-2H3. The quantitative estimate of drug-likeness (QED) is 0.799. The highest BCUT2D eigenvalue weighted by Gasteiger charge is 2.29. The fourth-order valence-electron chi connectivity index (χ4n) is 2.28. The van der Waals surface area contributed by atoms with Gasteiger partial charge in [0, 0.05) is 12.0 Å². The highest BCUT2D eigenvalue weighted by Crippen LogP contribution is 2.26. The monoisotopic (exact) mass is 204 g/mol. The molecule has 15 heavy (non-hydrogen) atoms. The van der Waals surface area contributed by atoms with Crippen LogP contribution in [0.15, 0.2) is 12.1 Å². The molecule has 1 N–H and O–H groups in total. The molecule has 0 heterocycles. The number of Topliss-reactive ketones (excluding diaryl/α,β-unsaturated/α-hetero) is 1. The summed E-state index contributed by atoms with van der Waals surface area (Å²) in [5.41, 5.74) is 4.29. The molecule has 0 aromatic heterocycles. The summed E-state index contributed by atoms with van der Waals surface area (Å²) >= 11 is 0. The molecule has 1 aromatic carbocycles. The second kappa shape index (κ2) is 3.78. The molecule has 0 aliphatic heterocycles. The summed E-state index contributed by atoms with van der Waals surface area (Å²) in [6.07, 6.45) is 1.61. The van der Waals surface area contributed by atoms with Gasteiger partial charge >= 0.3 is 0 Å². The Balaban J connectivity index is 2.53. The van der Waals surface area contributed by atoms with E-state index in [2.05, 4.69) is 19.9 Å². The molecule has 1 aromatic rings. The first-order valence-electron chi connectivity index (χ1n) is 5.54. The zero-order valence-corrected chi connectivity index (χ0v) is 9.21. The van der Waals surface area contributed by atoms with E-state index in [9.17, 15) is 9.90 Å². The van der Waals surface area contributed by atoms with Crippen LogP contribution in [0.2, 0.25) is 0 Å². The van der Waals surface area contributed by atoms with Gasteiger partial charge in [-0.1, -0.05) is 19.9 Å². The molecular formula is C13H16O2. The van der Waals surface area contributed by atoms with E-state index in [1.165, 1.54) is 11.1 Å². The van der Waals surface area contributed by atoms with Gasteiger partial charge in [-0.15, -0.1) is 0 Å². The highest BCUT2D eigenvalue weighted by molar-refractivity contribution is 6.04. The SMILES string of the molecule is CCc1cc2c(cc1CC)C(=O)C(O)C2. The molecule has 1 unspecified atom stereocenters. The fourth-order valence-corrected chi connectivity index (χ4v) is 2.28. The zero-order valence-electron chi connectivity index (χ0n) is 9.21. The predicted octanol–water partition coefficient (Wildman–Crippen LogP) is 1.91. The maximum atomic E-state index is 11.6. The Labute approximate surface area is 89.9 Å². The number of hydrogen-bond donors (Lipinski definition) is 1. The van der Waals surface area contributed by atoms with Crippen molar-refractivity contribution in [2.24, 2.45) is 0 Å². The van der Waals surface area contributed by atoms with Gasteiger partial charge in [-0.3, -0.25) is 4.79 Å². The number of hydrogen-bond acceptors (Lipinski definition) is 2. The van der Waals surface area contributed by atoms with Crippen LogP contribution in [0.3, 0.4) is 0 Å². The second-order valence-electron chi connectivity index (χ2n) is 4.07. The summed E-state index contributed by atoms with van der Waals surface area (Å²) in [7, 11) is 0. The van der Waals surface area contributed by atoms with Crippen LogP contribution in [-0.4, -0.2) is 17.0 Å². The summed E-state index contributed by atoms with van der Waals surface area (Å²) in [4.78, 5) is 11.6. The van der Waals surface area contributed by atoms with Crippen molar-refractivity contribution in [2.75, 3.05) is 0 Å². The van der Waals surface area contributed by atoms with Crippen LogP contribution in [0.1, 0.15) is 40.9 Å². The van der Waals surface area contributed by atoms with Crippen molar-refractivity contribution in [3.05, 3.63) is 34.4 Å². The van der Waals surface area contributed by atoms with Crippen LogP contribution >= 0.6 is 0 Å². The topological polar surface area (TPSA) is 37.3 Å². The van der Waals surface area contributed by atoms with Gasteiger partial charge in [-0.05, 0) is 35.6 Å². The van der Waals surface area contributed by atoms with E-state index in [1.807, 2.05) is 6.07 Å². The Hall–Kier alpha value is -1.15. The largest absolute Gasteiger partial charge is 0.385 e. The molecule has 0 saturated heterocycles. The van der Waals surface area contributed by atoms with Crippen molar-refractivity contribution in [2.45, 2.75) is 39.2 Å². The van der Waals surface area contributed by atoms with Crippen molar-refractivity contribution in [1.29, 1.82) is 0 Å². The molecule has 2 nitrogen and oxygen atoms in total. The van der Waals surface area contributed by atoms with Gasteiger partial charge in [0.1, 0.15) is 6.10 Å². The smallest absolute Gasteiger partial charge is 0.191 e. The number of carbonyl (C=O) groups is 1. The van der Waals surface area contributed by atoms with Crippen molar-refractivity contribution < 1.29 is 9.90 Å². The van der Waals surface area contributed by atoms with Gasteiger partial charge in [-0.25, -0.2) is 0 Å². The Morgan fingerprint density at radius 3 is 2.47 bits per heavy atom. The van der Waals surface area contributed by atoms with Crippen LogP contribution in [0.25, 0.3) is 0 Å². The third-order valence-electron chi connectivity index (χ3n) is 3.17. The molecule has 0 spiro atoms. The number of benzene rings is 1. The van der Waals surface area contributed by atoms with Gasteiger partial charge in [0.25, 0.3) is 0 Å². The lowest BCUT2D eigenvalue weighted by atomic mass is 9.97. The number of carbonyl (C=O) groups excluding carboxylic acids is 1. The summed E-state index contributed by atoms with van der Waals surface area (Å²) in [6, 6.07) is 4.05. The molecule has 0 bridgehead atoms. The lowest BCUT2D eigenvalue weighted by molar-refractivity contribution is 0.0780. The molecule has 0 radical (unpaired) electrons. The van der Waals surface area contributed by atoms with E-state index in [1.54, 1.807) is 0 Å².